The van der Waals surface area contributed by atoms with Gasteiger partial charge in [0, 0.05) is 18.4 Å². The van der Waals surface area contributed by atoms with E-state index in [1.807, 2.05) is 0 Å². The summed E-state index contributed by atoms with van der Waals surface area (Å²) in [5, 5.41) is 20.3. The van der Waals surface area contributed by atoms with Gasteiger partial charge in [0.25, 0.3) is 0 Å². The number of halogens is 1. The van der Waals surface area contributed by atoms with E-state index in [4.69, 9.17) is 16.3 Å². The Morgan fingerprint density at radius 1 is 1.47 bits per heavy atom. The van der Waals surface area contributed by atoms with Crippen LogP contribution in [0.4, 0.5) is 5.69 Å². The maximum absolute atomic E-state index is 10.9. The molecule has 0 saturated carbocycles. The first-order valence-corrected chi connectivity index (χ1v) is 6.72. The number of hydrogen-bond acceptors (Lipinski definition) is 6. The number of hydrogen-bond donors (Lipinski definition) is 0. The molecule has 0 radical (unpaired) electrons. The van der Waals surface area contributed by atoms with Crippen molar-refractivity contribution in [3.8, 4) is 16.3 Å². The van der Waals surface area contributed by atoms with E-state index in [1.165, 1.54) is 24.5 Å². The third kappa shape index (κ3) is 2.82. The summed E-state index contributed by atoms with van der Waals surface area (Å²) in [5.41, 5.74) is 0.476. The summed E-state index contributed by atoms with van der Waals surface area (Å²) in [5.74, 6) is 0.654. The van der Waals surface area contributed by atoms with Crippen LogP contribution in [0, 0.1) is 10.1 Å². The van der Waals surface area contributed by atoms with Crippen molar-refractivity contribution in [3.63, 3.8) is 0 Å². The van der Waals surface area contributed by atoms with E-state index in [-0.39, 0.29) is 11.4 Å². The Morgan fingerprint density at radius 2 is 2.26 bits per heavy atom. The maximum Gasteiger partial charge on any atom is 0.311 e. The van der Waals surface area contributed by atoms with Gasteiger partial charge in [-0.2, -0.15) is 0 Å². The van der Waals surface area contributed by atoms with Gasteiger partial charge in [0.2, 0.25) is 5.75 Å². The number of rotatable bonds is 5. The van der Waals surface area contributed by atoms with Crippen LogP contribution in [0.3, 0.4) is 0 Å². The zero-order valence-corrected chi connectivity index (χ0v) is 11.6. The Labute approximate surface area is 118 Å². The molecule has 2 aromatic rings. The first kappa shape index (κ1) is 13.7. The molecule has 0 bridgehead atoms. The van der Waals surface area contributed by atoms with Crippen LogP contribution in [0.5, 0.6) is 5.75 Å². The SMILES string of the molecule is COc1c(-c2nnc(CCCl)s2)cccc1[N+](=O)[O-]. The van der Waals surface area contributed by atoms with Gasteiger partial charge < -0.3 is 4.74 Å². The predicted octanol–water partition coefficient (Wildman–Crippen LogP) is 2.90. The Morgan fingerprint density at radius 3 is 2.89 bits per heavy atom. The van der Waals surface area contributed by atoms with Crippen molar-refractivity contribution in [2.24, 2.45) is 0 Å². The monoisotopic (exact) mass is 299 g/mol. The van der Waals surface area contributed by atoms with Crippen LogP contribution in [0.25, 0.3) is 10.6 Å². The first-order chi connectivity index (χ1) is 9.17. The molecule has 0 aliphatic rings. The molecule has 0 aliphatic heterocycles. The van der Waals surface area contributed by atoms with Gasteiger partial charge in [-0.25, -0.2) is 0 Å². The molecule has 0 spiro atoms. The number of nitro groups is 1. The van der Waals surface area contributed by atoms with Crippen molar-refractivity contribution >= 4 is 28.6 Å². The molecule has 19 heavy (non-hydrogen) atoms. The predicted molar refractivity (Wildman–Crippen MR) is 73.0 cm³/mol. The minimum atomic E-state index is -0.483. The molecule has 2 rings (SSSR count). The molecule has 6 nitrogen and oxygen atoms in total. The van der Waals surface area contributed by atoms with Crippen molar-refractivity contribution in [3.05, 3.63) is 33.3 Å². The highest BCUT2D eigenvalue weighted by molar-refractivity contribution is 7.14. The molecular formula is C11H10ClN3O3S. The second-order valence-corrected chi connectivity index (χ2v) is 5.00. The van der Waals surface area contributed by atoms with Crippen molar-refractivity contribution < 1.29 is 9.66 Å². The quantitative estimate of drug-likeness (QED) is 0.482. The zero-order chi connectivity index (χ0) is 13.8. The van der Waals surface area contributed by atoms with Gasteiger partial charge in [0.15, 0.2) is 5.01 Å². The van der Waals surface area contributed by atoms with Gasteiger partial charge in [-0.3, -0.25) is 10.1 Å². The molecule has 0 saturated heterocycles. The molecule has 1 heterocycles. The highest BCUT2D eigenvalue weighted by Crippen LogP contribution is 2.38. The van der Waals surface area contributed by atoms with Crippen LogP contribution < -0.4 is 4.74 Å². The average Bonchev–Trinajstić information content (AvgIpc) is 2.86. The lowest BCUT2D eigenvalue weighted by Gasteiger charge is -2.05. The number of alkyl halides is 1. The summed E-state index contributed by atoms with van der Waals surface area (Å²) in [6.45, 7) is 0. The average molecular weight is 300 g/mol. The van der Waals surface area contributed by atoms with Crippen LogP contribution >= 0.6 is 22.9 Å². The molecule has 0 atom stereocenters. The summed E-state index contributed by atoms with van der Waals surface area (Å²) < 4.78 is 5.13. The van der Waals surface area contributed by atoms with Crippen molar-refractivity contribution in [1.82, 2.24) is 10.2 Å². The fraction of sp³-hybridized carbons (Fsp3) is 0.273. The van der Waals surface area contributed by atoms with E-state index >= 15 is 0 Å². The molecule has 8 heteroatoms. The van der Waals surface area contributed by atoms with E-state index in [0.29, 0.717) is 22.9 Å². The summed E-state index contributed by atoms with van der Waals surface area (Å²) in [6, 6.07) is 4.71. The zero-order valence-electron chi connectivity index (χ0n) is 10.00. The van der Waals surface area contributed by atoms with Crippen molar-refractivity contribution in [1.29, 1.82) is 0 Å². The van der Waals surface area contributed by atoms with Crippen LogP contribution in [0.15, 0.2) is 18.2 Å². The standard InChI is InChI=1S/C11H10ClN3O3S/c1-18-10-7(3-2-4-8(10)15(16)17)11-14-13-9(19-11)5-6-12/h2-4H,5-6H2,1H3. The highest BCUT2D eigenvalue weighted by Gasteiger charge is 2.21. The van der Waals surface area contributed by atoms with E-state index in [1.54, 1.807) is 12.1 Å². The van der Waals surface area contributed by atoms with Gasteiger partial charge in [-0.05, 0) is 6.07 Å². The van der Waals surface area contributed by atoms with Crippen molar-refractivity contribution in [2.75, 3.05) is 13.0 Å². The second-order valence-electron chi connectivity index (χ2n) is 3.55. The summed E-state index contributed by atoms with van der Waals surface area (Å²) in [7, 11) is 1.40. The van der Waals surface area contributed by atoms with Crippen LogP contribution in [0.1, 0.15) is 5.01 Å². The minimum Gasteiger partial charge on any atom is -0.490 e. The van der Waals surface area contributed by atoms with E-state index in [0.717, 1.165) is 5.01 Å². The Bertz CT molecular complexity index is 603. The molecule has 100 valence electrons. The molecule has 0 unspecified atom stereocenters. The minimum absolute atomic E-state index is 0.0888. The Balaban J connectivity index is 2.48. The van der Waals surface area contributed by atoms with Gasteiger partial charge in [-0.1, -0.05) is 17.4 Å². The number of benzene rings is 1. The van der Waals surface area contributed by atoms with Gasteiger partial charge in [0.1, 0.15) is 5.01 Å². The van der Waals surface area contributed by atoms with Gasteiger partial charge in [0.05, 0.1) is 17.6 Å². The van der Waals surface area contributed by atoms with Crippen LogP contribution in [0.2, 0.25) is 0 Å². The fourth-order valence-electron chi connectivity index (χ4n) is 1.60. The summed E-state index contributed by atoms with van der Waals surface area (Å²) >= 11 is 6.99. The normalized spacial score (nSPS) is 10.4. The number of para-hydroxylation sites is 1. The molecule has 0 amide bonds. The fourth-order valence-corrected chi connectivity index (χ4v) is 2.75. The van der Waals surface area contributed by atoms with E-state index in [9.17, 15) is 10.1 Å². The Hall–Kier alpha value is -1.73. The number of ether oxygens (including phenoxy) is 1. The highest BCUT2D eigenvalue weighted by atomic mass is 35.5. The van der Waals surface area contributed by atoms with Gasteiger partial charge in [-0.15, -0.1) is 21.8 Å². The molecule has 0 N–H and O–H groups in total. The molecular weight excluding hydrogens is 290 g/mol. The molecule has 0 fully saturated rings. The third-order valence-corrected chi connectivity index (χ3v) is 3.61. The smallest absolute Gasteiger partial charge is 0.311 e. The third-order valence-electron chi connectivity index (χ3n) is 2.40. The lowest BCUT2D eigenvalue weighted by atomic mass is 10.2. The number of aromatic nitrogens is 2. The summed E-state index contributed by atoms with van der Waals surface area (Å²) in [4.78, 5) is 10.5. The molecule has 0 aliphatic carbocycles. The van der Waals surface area contributed by atoms with E-state index < -0.39 is 4.92 Å². The van der Waals surface area contributed by atoms with Gasteiger partial charge >= 0.3 is 5.69 Å². The molecule has 1 aromatic carbocycles. The topological polar surface area (TPSA) is 78.2 Å². The largest absolute Gasteiger partial charge is 0.490 e. The second kappa shape index (κ2) is 5.94. The lowest BCUT2D eigenvalue weighted by Crippen LogP contribution is -1.95. The summed E-state index contributed by atoms with van der Waals surface area (Å²) in [6.07, 6.45) is 0.621. The van der Waals surface area contributed by atoms with E-state index in [2.05, 4.69) is 10.2 Å². The number of methoxy groups -OCH3 is 1. The number of nitro benzene ring substituents is 1. The maximum atomic E-state index is 10.9. The van der Waals surface area contributed by atoms with Crippen LogP contribution in [-0.4, -0.2) is 28.1 Å². The lowest BCUT2D eigenvalue weighted by molar-refractivity contribution is -0.385. The Kier molecular flexibility index (Phi) is 4.28. The number of aryl methyl sites for hydroxylation is 1. The first-order valence-electron chi connectivity index (χ1n) is 5.37. The number of nitrogens with zero attached hydrogens (tertiary/aromatic N) is 3. The van der Waals surface area contributed by atoms with Crippen LogP contribution in [-0.2, 0) is 6.42 Å². The van der Waals surface area contributed by atoms with Crippen molar-refractivity contribution in [2.45, 2.75) is 6.42 Å². The molecule has 1 aromatic heterocycles.